The Morgan fingerprint density at radius 1 is 1.29 bits per heavy atom. The summed E-state index contributed by atoms with van der Waals surface area (Å²) in [6, 6.07) is 7.39. The second-order valence-corrected chi connectivity index (χ2v) is 4.10. The van der Waals surface area contributed by atoms with Crippen LogP contribution in [0.25, 0.3) is 0 Å². The number of benzene rings is 1. The number of hydrazine groups is 1. The van der Waals surface area contributed by atoms with Gasteiger partial charge in [-0.15, -0.1) is 0 Å². The Morgan fingerprint density at radius 2 is 1.94 bits per heavy atom. The number of ether oxygens (including phenoxy) is 1. The normalized spacial score (nSPS) is 15.8. The maximum atomic E-state index is 11.4. The first-order chi connectivity index (χ1) is 8.29. The predicted molar refractivity (Wildman–Crippen MR) is 66.8 cm³/mol. The quantitative estimate of drug-likeness (QED) is 0.812. The Bertz CT molecular complexity index is 370. The zero-order valence-electron chi connectivity index (χ0n) is 10.1. The van der Waals surface area contributed by atoms with Crippen LogP contribution in [-0.2, 0) is 4.74 Å². The zero-order chi connectivity index (χ0) is 12.1. The molecule has 0 radical (unpaired) electrons. The number of rotatable bonds is 4. The SMILES string of the molecule is CCOC(=O)c1ccc(NN2CCCC2)cc1. The number of carbonyl (C=O) groups is 1. The van der Waals surface area contributed by atoms with Gasteiger partial charge in [-0.2, -0.15) is 0 Å². The molecule has 4 nitrogen and oxygen atoms in total. The number of anilines is 1. The van der Waals surface area contributed by atoms with Gasteiger partial charge in [0.1, 0.15) is 0 Å². The van der Waals surface area contributed by atoms with E-state index in [0.717, 1.165) is 18.8 Å². The van der Waals surface area contributed by atoms with Crippen LogP contribution in [0.3, 0.4) is 0 Å². The van der Waals surface area contributed by atoms with Gasteiger partial charge in [-0.3, -0.25) is 0 Å². The van der Waals surface area contributed by atoms with E-state index < -0.39 is 0 Å². The molecule has 1 saturated heterocycles. The summed E-state index contributed by atoms with van der Waals surface area (Å²) in [5.74, 6) is -0.264. The van der Waals surface area contributed by atoms with E-state index in [-0.39, 0.29) is 5.97 Å². The maximum Gasteiger partial charge on any atom is 0.338 e. The van der Waals surface area contributed by atoms with Crippen LogP contribution < -0.4 is 5.43 Å². The lowest BCUT2D eigenvalue weighted by molar-refractivity contribution is 0.0526. The van der Waals surface area contributed by atoms with E-state index >= 15 is 0 Å². The Balaban J connectivity index is 1.94. The lowest BCUT2D eigenvalue weighted by atomic mass is 10.2. The van der Waals surface area contributed by atoms with E-state index in [4.69, 9.17) is 4.74 Å². The van der Waals surface area contributed by atoms with E-state index in [1.165, 1.54) is 12.8 Å². The largest absolute Gasteiger partial charge is 0.462 e. The molecule has 0 amide bonds. The van der Waals surface area contributed by atoms with Gasteiger partial charge in [-0.1, -0.05) is 0 Å². The van der Waals surface area contributed by atoms with E-state index in [2.05, 4.69) is 10.4 Å². The van der Waals surface area contributed by atoms with Crippen molar-refractivity contribution in [2.24, 2.45) is 0 Å². The summed E-state index contributed by atoms with van der Waals surface area (Å²) in [6.45, 7) is 4.38. The van der Waals surface area contributed by atoms with Crippen molar-refractivity contribution in [1.29, 1.82) is 0 Å². The van der Waals surface area contributed by atoms with Crippen LogP contribution in [0, 0.1) is 0 Å². The van der Waals surface area contributed by atoms with Crippen LogP contribution in [0.4, 0.5) is 5.69 Å². The molecule has 1 aromatic rings. The summed E-state index contributed by atoms with van der Waals surface area (Å²) >= 11 is 0. The Kier molecular flexibility index (Phi) is 3.98. The molecule has 4 heteroatoms. The van der Waals surface area contributed by atoms with Gasteiger partial charge in [0.15, 0.2) is 0 Å². The highest BCUT2D eigenvalue weighted by Gasteiger charge is 2.11. The molecule has 1 aliphatic rings. The van der Waals surface area contributed by atoms with Crippen LogP contribution in [0.15, 0.2) is 24.3 Å². The lowest BCUT2D eigenvalue weighted by Crippen LogP contribution is -2.26. The molecule has 92 valence electrons. The number of esters is 1. The minimum absolute atomic E-state index is 0.264. The average molecular weight is 234 g/mol. The van der Waals surface area contributed by atoms with Gasteiger partial charge in [-0.05, 0) is 44.0 Å². The molecule has 0 unspecified atom stereocenters. The van der Waals surface area contributed by atoms with Crippen molar-refractivity contribution < 1.29 is 9.53 Å². The van der Waals surface area contributed by atoms with Gasteiger partial charge < -0.3 is 10.2 Å². The molecule has 0 spiro atoms. The summed E-state index contributed by atoms with van der Waals surface area (Å²) in [5.41, 5.74) is 4.93. The summed E-state index contributed by atoms with van der Waals surface area (Å²) in [7, 11) is 0. The molecule has 0 saturated carbocycles. The van der Waals surface area contributed by atoms with Gasteiger partial charge in [0.25, 0.3) is 0 Å². The van der Waals surface area contributed by atoms with E-state index in [9.17, 15) is 4.79 Å². The van der Waals surface area contributed by atoms with Gasteiger partial charge >= 0.3 is 5.97 Å². The van der Waals surface area contributed by atoms with Crippen molar-refractivity contribution in [3.63, 3.8) is 0 Å². The monoisotopic (exact) mass is 234 g/mol. The molecule has 1 aliphatic heterocycles. The molecule has 1 aromatic carbocycles. The van der Waals surface area contributed by atoms with Gasteiger partial charge in [0.05, 0.1) is 12.2 Å². The highest BCUT2D eigenvalue weighted by Crippen LogP contribution is 2.14. The minimum atomic E-state index is -0.264. The lowest BCUT2D eigenvalue weighted by Gasteiger charge is -2.17. The number of carbonyl (C=O) groups excluding carboxylic acids is 1. The first kappa shape index (κ1) is 11.9. The minimum Gasteiger partial charge on any atom is -0.462 e. The van der Waals surface area contributed by atoms with Crippen LogP contribution in [0.1, 0.15) is 30.1 Å². The standard InChI is InChI=1S/C13H18N2O2/c1-2-17-13(16)11-5-7-12(8-6-11)14-15-9-3-4-10-15/h5-8,14H,2-4,9-10H2,1H3. The van der Waals surface area contributed by atoms with E-state index in [0.29, 0.717) is 12.2 Å². The van der Waals surface area contributed by atoms with Crippen molar-refractivity contribution in [1.82, 2.24) is 5.01 Å². The fraction of sp³-hybridized carbons (Fsp3) is 0.462. The summed E-state index contributed by atoms with van der Waals surface area (Å²) in [5, 5.41) is 2.19. The second kappa shape index (κ2) is 5.68. The van der Waals surface area contributed by atoms with E-state index in [1.54, 1.807) is 19.1 Å². The highest BCUT2D eigenvalue weighted by molar-refractivity contribution is 5.89. The Hall–Kier alpha value is -1.55. The van der Waals surface area contributed by atoms with Gasteiger partial charge in [-0.25, -0.2) is 9.80 Å². The van der Waals surface area contributed by atoms with Crippen molar-refractivity contribution >= 4 is 11.7 Å². The molecule has 1 fully saturated rings. The molecule has 0 aliphatic carbocycles. The molecular weight excluding hydrogens is 216 g/mol. The summed E-state index contributed by atoms with van der Waals surface area (Å²) < 4.78 is 4.93. The van der Waals surface area contributed by atoms with Crippen molar-refractivity contribution in [2.75, 3.05) is 25.1 Å². The first-order valence-corrected chi connectivity index (χ1v) is 6.08. The smallest absolute Gasteiger partial charge is 0.338 e. The molecule has 17 heavy (non-hydrogen) atoms. The fourth-order valence-corrected chi connectivity index (χ4v) is 1.91. The Labute approximate surface area is 102 Å². The maximum absolute atomic E-state index is 11.4. The average Bonchev–Trinajstić information content (AvgIpc) is 2.83. The summed E-state index contributed by atoms with van der Waals surface area (Å²) in [6.07, 6.45) is 2.49. The van der Waals surface area contributed by atoms with Crippen LogP contribution >= 0.6 is 0 Å². The molecular formula is C13H18N2O2. The number of hydrogen-bond donors (Lipinski definition) is 1. The van der Waals surface area contributed by atoms with Crippen molar-refractivity contribution in [2.45, 2.75) is 19.8 Å². The molecule has 1 N–H and O–H groups in total. The first-order valence-electron chi connectivity index (χ1n) is 6.08. The van der Waals surface area contributed by atoms with Crippen LogP contribution in [0.2, 0.25) is 0 Å². The third-order valence-electron chi connectivity index (χ3n) is 2.79. The van der Waals surface area contributed by atoms with Crippen molar-refractivity contribution in [3.8, 4) is 0 Å². The zero-order valence-corrected chi connectivity index (χ0v) is 10.1. The molecule has 0 aromatic heterocycles. The third-order valence-corrected chi connectivity index (χ3v) is 2.79. The van der Waals surface area contributed by atoms with Gasteiger partial charge in [0, 0.05) is 18.8 Å². The van der Waals surface area contributed by atoms with Crippen LogP contribution in [-0.4, -0.2) is 30.7 Å². The van der Waals surface area contributed by atoms with E-state index in [1.807, 2.05) is 12.1 Å². The number of hydrogen-bond acceptors (Lipinski definition) is 4. The second-order valence-electron chi connectivity index (χ2n) is 4.10. The third kappa shape index (κ3) is 3.20. The topological polar surface area (TPSA) is 41.6 Å². The summed E-state index contributed by atoms with van der Waals surface area (Å²) in [4.78, 5) is 11.4. The molecule has 0 atom stereocenters. The molecule has 1 heterocycles. The number of nitrogens with zero attached hydrogens (tertiary/aromatic N) is 1. The molecule has 2 rings (SSSR count). The van der Waals surface area contributed by atoms with Gasteiger partial charge in [0.2, 0.25) is 0 Å². The van der Waals surface area contributed by atoms with Crippen LogP contribution in [0.5, 0.6) is 0 Å². The highest BCUT2D eigenvalue weighted by atomic mass is 16.5. The number of nitrogens with one attached hydrogen (secondary N) is 1. The predicted octanol–water partition coefficient (Wildman–Crippen LogP) is 2.29. The fourth-order valence-electron chi connectivity index (χ4n) is 1.91. The van der Waals surface area contributed by atoms with Crippen molar-refractivity contribution in [3.05, 3.63) is 29.8 Å². The Morgan fingerprint density at radius 3 is 2.53 bits per heavy atom. The molecule has 0 bridgehead atoms.